The zero-order chi connectivity index (χ0) is 27.5. The summed E-state index contributed by atoms with van der Waals surface area (Å²) >= 11 is 6.69. The monoisotopic (exact) mass is 565 g/mol. The summed E-state index contributed by atoms with van der Waals surface area (Å²) in [5, 5.41) is 3.83. The van der Waals surface area contributed by atoms with Crippen LogP contribution in [0.1, 0.15) is 41.3 Å². The normalized spacial score (nSPS) is 18.5. The van der Waals surface area contributed by atoms with Crippen LogP contribution < -0.4 is 5.32 Å². The van der Waals surface area contributed by atoms with Crippen molar-refractivity contribution in [3.8, 4) is 0 Å². The molecule has 1 atom stereocenters. The summed E-state index contributed by atoms with van der Waals surface area (Å²) in [6, 6.07) is 12.2. The lowest BCUT2D eigenvalue weighted by atomic mass is 10.1. The van der Waals surface area contributed by atoms with Gasteiger partial charge in [-0.25, -0.2) is 0 Å². The van der Waals surface area contributed by atoms with E-state index in [0.29, 0.717) is 17.1 Å². The number of carbonyl (C=O) groups excluding carboxylic acids is 4. The van der Waals surface area contributed by atoms with Gasteiger partial charge in [-0.1, -0.05) is 36.7 Å². The summed E-state index contributed by atoms with van der Waals surface area (Å²) in [6.45, 7) is 3.02. The minimum Gasteiger partial charge on any atom is -0.376 e. The van der Waals surface area contributed by atoms with E-state index in [-0.39, 0.29) is 35.8 Å². The molecule has 1 aromatic heterocycles. The lowest BCUT2D eigenvalue weighted by molar-refractivity contribution is -0.123. The molecule has 39 heavy (non-hydrogen) atoms. The van der Waals surface area contributed by atoms with Crippen LogP contribution in [0.2, 0.25) is 5.02 Å². The third kappa shape index (κ3) is 5.95. The number of halogens is 1. The first-order valence-electron chi connectivity index (χ1n) is 12.9. The first-order chi connectivity index (χ1) is 18.8. The number of imide groups is 1. The third-order valence-electron chi connectivity index (χ3n) is 6.89. The van der Waals surface area contributed by atoms with E-state index in [0.717, 1.165) is 64.6 Å². The minimum absolute atomic E-state index is 0.0549. The molecule has 0 spiro atoms. The second-order valence-electron chi connectivity index (χ2n) is 9.52. The number of carbonyl (C=O) groups is 4. The average Bonchev–Trinajstić information content (AvgIpc) is 3.64. The standard InChI is InChI=1S/C29H28ClN3O5S/c1-2-18-5-3-7-23-20(15-32(27(18)23)17-26(35)31-14-22-6-4-12-38-22)13-25-28(36)33(29(37)39-25)16-24(34)19-8-10-21(30)11-9-19/h3,5,7-11,13,15,22H,2,4,6,12,14,16-17H2,1H3,(H,31,35)/b25-13-/t22-/m0/s1. The van der Waals surface area contributed by atoms with Crippen LogP contribution in [0.25, 0.3) is 17.0 Å². The molecule has 2 aliphatic heterocycles. The highest BCUT2D eigenvalue weighted by molar-refractivity contribution is 8.18. The summed E-state index contributed by atoms with van der Waals surface area (Å²) < 4.78 is 7.49. The van der Waals surface area contributed by atoms with E-state index in [1.54, 1.807) is 30.3 Å². The molecule has 5 rings (SSSR count). The van der Waals surface area contributed by atoms with Crippen molar-refractivity contribution in [2.45, 2.75) is 38.8 Å². The van der Waals surface area contributed by atoms with E-state index in [4.69, 9.17) is 16.3 Å². The lowest BCUT2D eigenvalue weighted by Crippen LogP contribution is -2.34. The Morgan fingerprint density at radius 3 is 2.67 bits per heavy atom. The summed E-state index contributed by atoms with van der Waals surface area (Å²) in [5.74, 6) is -0.997. The Morgan fingerprint density at radius 1 is 1.15 bits per heavy atom. The molecule has 8 nitrogen and oxygen atoms in total. The van der Waals surface area contributed by atoms with Gasteiger partial charge in [0.2, 0.25) is 5.91 Å². The predicted octanol–water partition coefficient (Wildman–Crippen LogP) is 5.07. The maximum Gasteiger partial charge on any atom is 0.293 e. The number of fused-ring (bicyclic) bond motifs is 1. The Labute approximate surface area is 235 Å². The largest absolute Gasteiger partial charge is 0.376 e. The third-order valence-corrected chi connectivity index (χ3v) is 8.05. The van der Waals surface area contributed by atoms with Gasteiger partial charge in [0.05, 0.1) is 23.1 Å². The number of nitrogens with one attached hydrogen (secondary N) is 1. The number of aromatic nitrogens is 1. The van der Waals surface area contributed by atoms with Crippen LogP contribution in [-0.2, 0) is 27.3 Å². The summed E-state index contributed by atoms with van der Waals surface area (Å²) in [4.78, 5) is 52.5. The fraction of sp³-hybridized carbons (Fsp3) is 0.310. The Kier molecular flexibility index (Phi) is 8.20. The zero-order valence-corrected chi connectivity index (χ0v) is 23.0. The van der Waals surface area contributed by atoms with Gasteiger partial charge in [0, 0.05) is 40.9 Å². The maximum atomic E-state index is 13.2. The van der Waals surface area contributed by atoms with Crippen molar-refractivity contribution in [2.24, 2.45) is 0 Å². The Balaban J connectivity index is 1.38. The molecular weight excluding hydrogens is 538 g/mol. The summed E-state index contributed by atoms with van der Waals surface area (Å²) in [5.41, 5.74) is 3.08. The lowest BCUT2D eigenvalue weighted by Gasteiger charge is -2.12. The number of ether oxygens (including phenoxy) is 1. The highest BCUT2D eigenvalue weighted by Crippen LogP contribution is 2.35. The molecule has 10 heteroatoms. The molecule has 0 aliphatic carbocycles. The molecule has 3 aromatic rings. The Hall–Kier alpha value is -3.40. The quantitative estimate of drug-likeness (QED) is 0.287. The van der Waals surface area contributed by atoms with Crippen molar-refractivity contribution in [3.05, 3.63) is 75.3 Å². The van der Waals surface area contributed by atoms with E-state index >= 15 is 0 Å². The van der Waals surface area contributed by atoms with Crippen LogP contribution in [0.3, 0.4) is 0 Å². The molecule has 0 saturated carbocycles. The van der Waals surface area contributed by atoms with Crippen molar-refractivity contribution in [3.63, 3.8) is 0 Å². The van der Waals surface area contributed by atoms with Gasteiger partial charge in [-0.05, 0) is 66.9 Å². The van der Waals surface area contributed by atoms with Gasteiger partial charge in [-0.15, -0.1) is 0 Å². The smallest absolute Gasteiger partial charge is 0.293 e. The number of hydrogen-bond donors (Lipinski definition) is 1. The van der Waals surface area contributed by atoms with Crippen molar-refractivity contribution in [1.82, 2.24) is 14.8 Å². The topological polar surface area (TPSA) is 97.7 Å². The highest BCUT2D eigenvalue weighted by Gasteiger charge is 2.36. The van der Waals surface area contributed by atoms with Crippen molar-refractivity contribution in [1.29, 1.82) is 0 Å². The number of ketones is 1. The van der Waals surface area contributed by atoms with Crippen LogP contribution in [-0.4, -0.2) is 58.1 Å². The van der Waals surface area contributed by atoms with Crippen LogP contribution in [0.5, 0.6) is 0 Å². The first kappa shape index (κ1) is 27.2. The van der Waals surface area contributed by atoms with Gasteiger partial charge in [-0.2, -0.15) is 0 Å². The van der Waals surface area contributed by atoms with Gasteiger partial charge in [0.1, 0.15) is 6.54 Å². The SMILES string of the molecule is CCc1cccc2c(/C=C3\SC(=O)N(CC(=O)c4ccc(Cl)cc4)C3=O)cn(CC(=O)NC[C@@H]3CCCO3)c12. The number of aryl methyl sites for hydroxylation is 1. The molecule has 2 aromatic carbocycles. The molecule has 3 amide bonds. The maximum absolute atomic E-state index is 13.2. The Bertz CT molecular complexity index is 1470. The number of benzene rings is 2. The number of hydrogen-bond acceptors (Lipinski definition) is 6. The van der Waals surface area contributed by atoms with Crippen LogP contribution >= 0.6 is 23.4 Å². The van der Waals surface area contributed by atoms with E-state index < -0.39 is 11.1 Å². The van der Waals surface area contributed by atoms with Gasteiger partial charge < -0.3 is 14.6 Å². The van der Waals surface area contributed by atoms with Crippen LogP contribution in [0.4, 0.5) is 4.79 Å². The molecule has 202 valence electrons. The number of amides is 3. The molecule has 2 saturated heterocycles. The second-order valence-corrected chi connectivity index (χ2v) is 10.9. The number of Topliss-reactive ketones (excluding diaryl/α,β-unsaturated/α-hetero) is 1. The Morgan fingerprint density at radius 2 is 1.95 bits per heavy atom. The molecule has 2 aliphatic rings. The van der Waals surface area contributed by atoms with Gasteiger partial charge in [0.15, 0.2) is 5.78 Å². The van der Waals surface area contributed by atoms with Gasteiger partial charge >= 0.3 is 0 Å². The molecule has 2 fully saturated rings. The van der Waals surface area contributed by atoms with Crippen molar-refractivity contribution < 1.29 is 23.9 Å². The molecule has 0 bridgehead atoms. The van der Waals surface area contributed by atoms with Crippen LogP contribution in [0, 0.1) is 0 Å². The predicted molar refractivity (Wildman–Crippen MR) is 152 cm³/mol. The summed E-state index contributed by atoms with van der Waals surface area (Å²) in [6.07, 6.45) is 6.27. The van der Waals surface area contributed by atoms with Crippen molar-refractivity contribution >= 4 is 63.2 Å². The number of rotatable bonds is 9. The van der Waals surface area contributed by atoms with Crippen LogP contribution in [0.15, 0.2) is 53.6 Å². The van der Waals surface area contributed by atoms with E-state index in [9.17, 15) is 19.2 Å². The molecule has 3 heterocycles. The average molecular weight is 566 g/mol. The molecule has 0 radical (unpaired) electrons. The fourth-order valence-electron chi connectivity index (χ4n) is 4.88. The van der Waals surface area contributed by atoms with E-state index in [1.807, 2.05) is 35.9 Å². The number of para-hydroxylation sites is 1. The molecule has 1 N–H and O–H groups in total. The van der Waals surface area contributed by atoms with E-state index in [1.165, 1.54) is 0 Å². The molecular formula is C29H28ClN3O5S. The zero-order valence-electron chi connectivity index (χ0n) is 21.4. The number of thioether (sulfide) groups is 1. The summed E-state index contributed by atoms with van der Waals surface area (Å²) in [7, 11) is 0. The fourth-order valence-corrected chi connectivity index (χ4v) is 5.84. The minimum atomic E-state index is -0.519. The second kappa shape index (κ2) is 11.8. The van der Waals surface area contributed by atoms with Gasteiger partial charge in [0.25, 0.3) is 11.1 Å². The molecule has 0 unspecified atom stereocenters. The highest BCUT2D eigenvalue weighted by atomic mass is 35.5. The first-order valence-corrected chi connectivity index (χ1v) is 14.1. The van der Waals surface area contributed by atoms with Crippen molar-refractivity contribution in [2.75, 3.05) is 19.7 Å². The number of nitrogens with zero attached hydrogens (tertiary/aromatic N) is 2. The van der Waals surface area contributed by atoms with Gasteiger partial charge in [-0.3, -0.25) is 24.1 Å². The van der Waals surface area contributed by atoms with E-state index in [2.05, 4.69) is 5.32 Å².